The topological polar surface area (TPSA) is 126 Å². The van der Waals surface area contributed by atoms with Crippen LogP contribution in [0.15, 0.2) is 40.1 Å². The second-order valence-electron chi connectivity index (χ2n) is 5.60. The Morgan fingerprint density at radius 3 is 2.84 bits per heavy atom. The van der Waals surface area contributed by atoms with Crippen molar-refractivity contribution in [2.75, 3.05) is 17.7 Å². The molecule has 0 saturated carbocycles. The number of rotatable bonds is 5. The molecule has 0 aliphatic carbocycles. The molecule has 0 atom stereocenters. The van der Waals surface area contributed by atoms with E-state index in [1.165, 1.54) is 10.6 Å². The Morgan fingerprint density at radius 1 is 1.32 bits per heavy atom. The third kappa shape index (κ3) is 3.24. The summed E-state index contributed by atoms with van der Waals surface area (Å²) in [6, 6.07) is 6.65. The lowest BCUT2D eigenvalue weighted by molar-refractivity contribution is 0.274. The number of nitrogens with one attached hydrogen (secondary N) is 2. The highest BCUT2D eigenvalue weighted by Gasteiger charge is 2.11. The van der Waals surface area contributed by atoms with Crippen molar-refractivity contribution in [3.63, 3.8) is 0 Å². The number of aliphatic hydroxyl groups is 1. The summed E-state index contributed by atoms with van der Waals surface area (Å²) in [5, 5.41) is 13.0. The summed E-state index contributed by atoms with van der Waals surface area (Å²) >= 11 is 0. The molecule has 8 nitrogen and oxygen atoms in total. The van der Waals surface area contributed by atoms with Gasteiger partial charge in [-0.3, -0.25) is 9.59 Å². The largest absolute Gasteiger partial charge is 0.395 e. The van der Waals surface area contributed by atoms with Crippen LogP contribution in [0.2, 0.25) is 0 Å². The maximum atomic E-state index is 12.4. The number of anilines is 3. The van der Waals surface area contributed by atoms with Gasteiger partial charge in [-0.1, -0.05) is 6.92 Å². The molecule has 0 bridgehead atoms. The van der Waals surface area contributed by atoms with Gasteiger partial charge in [0.05, 0.1) is 12.0 Å². The van der Waals surface area contributed by atoms with E-state index in [2.05, 4.69) is 15.3 Å². The predicted octanol–water partition coefficient (Wildman–Crippen LogP) is 0.965. The molecule has 0 saturated heterocycles. The Kier molecular flexibility index (Phi) is 4.53. The van der Waals surface area contributed by atoms with Crippen molar-refractivity contribution in [1.29, 1.82) is 0 Å². The summed E-state index contributed by atoms with van der Waals surface area (Å²) in [7, 11) is 0. The first-order valence-electron chi connectivity index (χ1n) is 7.93. The Labute approximate surface area is 143 Å². The third-order valence-corrected chi connectivity index (χ3v) is 3.97. The number of nitrogens with zero attached hydrogens (tertiary/aromatic N) is 2. The number of H-pyrrole nitrogens is 1. The smallest absolute Gasteiger partial charge is 0.262 e. The Morgan fingerprint density at radius 2 is 2.12 bits per heavy atom. The minimum absolute atomic E-state index is 0.0913. The number of fused-ring (bicyclic) bond motifs is 1. The van der Waals surface area contributed by atoms with Crippen molar-refractivity contribution in [1.82, 2.24) is 14.5 Å². The molecular formula is C17H19N5O3. The number of aliphatic hydroxyl groups excluding tert-OH is 1. The number of hydrogen-bond donors (Lipinski definition) is 4. The van der Waals surface area contributed by atoms with Gasteiger partial charge in [0.1, 0.15) is 17.5 Å². The molecule has 8 heteroatoms. The normalized spacial score (nSPS) is 11.0. The molecule has 0 amide bonds. The minimum Gasteiger partial charge on any atom is -0.395 e. The number of nitrogen functional groups attached to an aromatic ring is 1. The first kappa shape index (κ1) is 16.7. The van der Waals surface area contributed by atoms with Gasteiger partial charge in [-0.25, -0.2) is 4.98 Å². The average Bonchev–Trinajstić information content (AvgIpc) is 2.57. The zero-order valence-corrected chi connectivity index (χ0v) is 13.7. The van der Waals surface area contributed by atoms with Crippen molar-refractivity contribution in [2.24, 2.45) is 0 Å². The van der Waals surface area contributed by atoms with Gasteiger partial charge in [-0.05, 0) is 35.6 Å². The Balaban J connectivity index is 2.08. The van der Waals surface area contributed by atoms with E-state index in [0.717, 1.165) is 12.0 Å². The SMILES string of the molecule is CCc1ccc(=O)[nH]c1Nc1cc2ccn(CCO)c(=O)c2c(N)n1. The number of aryl methyl sites for hydroxylation is 1. The number of hydrogen-bond acceptors (Lipinski definition) is 6. The first-order chi connectivity index (χ1) is 12.0. The first-order valence-corrected chi connectivity index (χ1v) is 7.93. The number of aromatic amines is 1. The minimum atomic E-state index is -0.300. The lowest BCUT2D eigenvalue weighted by Gasteiger charge is -2.12. The van der Waals surface area contributed by atoms with Crippen LogP contribution in [0.3, 0.4) is 0 Å². The van der Waals surface area contributed by atoms with E-state index in [1.54, 1.807) is 24.4 Å². The molecule has 25 heavy (non-hydrogen) atoms. The lowest BCUT2D eigenvalue weighted by Crippen LogP contribution is -2.22. The van der Waals surface area contributed by atoms with Crippen molar-refractivity contribution < 1.29 is 5.11 Å². The van der Waals surface area contributed by atoms with Crippen LogP contribution in [-0.2, 0) is 13.0 Å². The molecule has 0 radical (unpaired) electrons. The van der Waals surface area contributed by atoms with Gasteiger partial charge in [0.2, 0.25) is 5.56 Å². The molecule has 3 heterocycles. The molecule has 0 aliphatic rings. The van der Waals surface area contributed by atoms with Crippen LogP contribution in [-0.4, -0.2) is 26.2 Å². The highest BCUT2D eigenvalue weighted by Crippen LogP contribution is 2.23. The van der Waals surface area contributed by atoms with Crippen LogP contribution >= 0.6 is 0 Å². The number of pyridine rings is 3. The molecule has 0 fully saturated rings. The van der Waals surface area contributed by atoms with E-state index in [9.17, 15) is 9.59 Å². The fraction of sp³-hybridized carbons (Fsp3) is 0.235. The monoisotopic (exact) mass is 341 g/mol. The summed E-state index contributed by atoms with van der Waals surface area (Å²) < 4.78 is 1.39. The summed E-state index contributed by atoms with van der Waals surface area (Å²) in [6.45, 7) is 2.03. The van der Waals surface area contributed by atoms with Crippen LogP contribution in [0.25, 0.3) is 10.8 Å². The number of aromatic nitrogens is 3. The summed E-state index contributed by atoms with van der Waals surface area (Å²) in [5.41, 5.74) is 6.38. The summed E-state index contributed by atoms with van der Waals surface area (Å²) in [6.07, 6.45) is 2.33. The average molecular weight is 341 g/mol. The van der Waals surface area contributed by atoms with Gasteiger partial charge in [0.15, 0.2) is 0 Å². The second-order valence-corrected chi connectivity index (χ2v) is 5.60. The molecule has 5 N–H and O–H groups in total. The zero-order valence-electron chi connectivity index (χ0n) is 13.7. The Bertz CT molecular complexity index is 1040. The van der Waals surface area contributed by atoms with E-state index < -0.39 is 0 Å². The van der Waals surface area contributed by atoms with Gasteiger partial charge < -0.3 is 25.7 Å². The molecular weight excluding hydrogens is 322 g/mol. The third-order valence-electron chi connectivity index (χ3n) is 3.97. The molecule has 0 aliphatic heterocycles. The standard InChI is InChI=1S/C17H19N5O3/c1-2-10-3-4-13(24)21-16(10)20-12-9-11-5-6-22(7-8-23)17(25)14(11)15(18)19-12/h3-6,9,23H,2,7-8H2,1H3,(H4,18,19,20,21,24). The van der Waals surface area contributed by atoms with Gasteiger partial charge in [-0.15, -0.1) is 0 Å². The van der Waals surface area contributed by atoms with Crippen molar-refractivity contribution in [3.8, 4) is 0 Å². The molecule has 3 aromatic heterocycles. The summed E-state index contributed by atoms with van der Waals surface area (Å²) in [5.74, 6) is 1.07. The highest BCUT2D eigenvalue weighted by molar-refractivity contribution is 5.92. The summed E-state index contributed by atoms with van der Waals surface area (Å²) in [4.78, 5) is 31.0. The second kappa shape index (κ2) is 6.78. The number of nitrogens with two attached hydrogens (primary N) is 1. The van der Waals surface area contributed by atoms with Crippen LogP contribution in [0.1, 0.15) is 12.5 Å². The van der Waals surface area contributed by atoms with Gasteiger partial charge in [0.25, 0.3) is 5.56 Å². The van der Waals surface area contributed by atoms with Crippen LogP contribution < -0.4 is 22.2 Å². The highest BCUT2D eigenvalue weighted by atomic mass is 16.3. The maximum Gasteiger partial charge on any atom is 0.262 e. The van der Waals surface area contributed by atoms with Gasteiger partial charge in [0, 0.05) is 18.8 Å². The molecule has 3 aromatic rings. The molecule has 3 rings (SSSR count). The quantitative estimate of drug-likeness (QED) is 0.548. The van der Waals surface area contributed by atoms with Crippen molar-refractivity contribution in [3.05, 3.63) is 56.7 Å². The van der Waals surface area contributed by atoms with Crippen molar-refractivity contribution in [2.45, 2.75) is 19.9 Å². The van der Waals surface area contributed by atoms with E-state index >= 15 is 0 Å². The van der Waals surface area contributed by atoms with E-state index in [0.29, 0.717) is 22.4 Å². The molecule has 0 aromatic carbocycles. The van der Waals surface area contributed by atoms with Crippen molar-refractivity contribution >= 4 is 28.2 Å². The fourth-order valence-electron chi connectivity index (χ4n) is 2.72. The van der Waals surface area contributed by atoms with Gasteiger partial charge >= 0.3 is 0 Å². The molecule has 0 unspecified atom stereocenters. The van der Waals surface area contributed by atoms with Crippen LogP contribution in [0, 0.1) is 0 Å². The molecule has 130 valence electrons. The van der Waals surface area contributed by atoms with E-state index in [-0.39, 0.29) is 30.1 Å². The predicted molar refractivity (Wildman–Crippen MR) is 97.2 cm³/mol. The Hall–Kier alpha value is -3.13. The van der Waals surface area contributed by atoms with Crippen LogP contribution in [0.4, 0.5) is 17.5 Å². The maximum absolute atomic E-state index is 12.4. The molecule has 0 spiro atoms. The fourth-order valence-corrected chi connectivity index (χ4v) is 2.72. The van der Waals surface area contributed by atoms with Gasteiger partial charge in [-0.2, -0.15) is 0 Å². The van der Waals surface area contributed by atoms with E-state index in [4.69, 9.17) is 10.8 Å². The zero-order chi connectivity index (χ0) is 18.0. The lowest BCUT2D eigenvalue weighted by atomic mass is 10.2. The van der Waals surface area contributed by atoms with Crippen LogP contribution in [0.5, 0.6) is 0 Å². The van der Waals surface area contributed by atoms with E-state index in [1.807, 2.05) is 6.92 Å².